The summed E-state index contributed by atoms with van der Waals surface area (Å²) in [5.41, 5.74) is 4.82. The smallest absolute Gasteiger partial charge is 0.229 e. The molecule has 4 aromatic rings. The van der Waals surface area contributed by atoms with Gasteiger partial charge < -0.3 is 24.8 Å². The van der Waals surface area contributed by atoms with Crippen molar-refractivity contribution >= 4 is 34.0 Å². The maximum Gasteiger partial charge on any atom is 0.229 e. The third-order valence-corrected chi connectivity index (χ3v) is 6.54. The Morgan fingerprint density at radius 3 is 2.49 bits per heavy atom. The highest BCUT2D eigenvalue weighted by Crippen LogP contribution is 2.33. The zero-order valence-electron chi connectivity index (χ0n) is 21.6. The van der Waals surface area contributed by atoms with Crippen LogP contribution in [0, 0.1) is 13.8 Å². The Kier molecular flexibility index (Phi) is 7.67. The van der Waals surface area contributed by atoms with E-state index in [2.05, 4.69) is 28.5 Å². The number of morpholine rings is 1. The fourth-order valence-electron chi connectivity index (χ4n) is 4.37. The Bertz CT molecular complexity index is 1370. The topological polar surface area (TPSA) is 80.8 Å². The normalized spacial score (nSPS) is 13.9. The van der Waals surface area contributed by atoms with E-state index >= 15 is 0 Å². The van der Waals surface area contributed by atoms with Crippen LogP contribution in [0.25, 0.3) is 10.9 Å². The monoisotopic (exact) mass is 499 g/mol. The average Bonchev–Trinajstić information content (AvgIpc) is 2.92. The molecule has 0 radical (unpaired) electrons. The first-order chi connectivity index (χ1) is 18.1. The number of aromatic nitrogens is 2. The van der Waals surface area contributed by atoms with E-state index in [9.17, 15) is 0 Å². The zero-order valence-corrected chi connectivity index (χ0v) is 21.6. The van der Waals surface area contributed by atoms with Crippen LogP contribution >= 0.6 is 0 Å². The molecule has 2 heterocycles. The second-order valence-corrected chi connectivity index (χ2v) is 9.10. The molecule has 1 aromatic heterocycles. The number of methoxy groups -OCH3 is 1. The van der Waals surface area contributed by atoms with Crippen LogP contribution in [0.15, 0.2) is 60.7 Å². The molecule has 5 rings (SSSR count). The van der Waals surface area contributed by atoms with Gasteiger partial charge in [-0.05, 0) is 61.4 Å². The first-order valence-electron chi connectivity index (χ1n) is 12.6. The predicted molar refractivity (Wildman–Crippen MR) is 148 cm³/mol. The highest BCUT2D eigenvalue weighted by Gasteiger charge is 2.15. The summed E-state index contributed by atoms with van der Waals surface area (Å²) in [6.07, 6.45) is 0. The van der Waals surface area contributed by atoms with E-state index in [1.807, 2.05) is 61.5 Å². The summed E-state index contributed by atoms with van der Waals surface area (Å²) in [5.74, 6) is 2.74. The Morgan fingerprint density at radius 2 is 1.70 bits per heavy atom. The molecular weight excluding hydrogens is 466 g/mol. The van der Waals surface area contributed by atoms with Crippen molar-refractivity contribution in [2.45, 2.75) is 13.8 Å². The van der Waals surface area contributed by atoms with E-state index in [1.165, 1.54) is 0 Å². The van der Waals surface area contributed by atoms with Crippen LogP contribution in [0.4, 0.5) is 23.1 Å². The number of nitrogens with one attached hydrogen (secondary N) is 2. The van der Waals surface area contributed by atoms with Crippen LogP contribution in [0.1, 0.15) is 11.1 Å². The van der Waals surface area contributed by atoms with E-state index in [1.54, 1.807) is 7.11 Å². The molecular formula is C29H33N5O3. The molecule has 192 valence electrons. The number of hydrogen-bond donors (Lipinski definition) is 2. The Hall–Kier alpha value is -3.88. The van der Waals surface area contributed by atoms with Gasteiger partial charge >= 0.3 is 0 Å². The summed E-state index contributed by atoms with van der Waals surface area (Å²) in [7, 11) is 1.67. The molecule has 0 atom stereocenters. The second kappa shape index (κ2) is 11.5. The summed E-state index contributed by atoms with van der Waals surface area (Å²) in [5, 5.41) is 7.81. The molecule has 2 N–H and O–H groups in total. The minimum absolute atomic E-state index is 0.487. The molecule has 0 aliphatic carbocycles. The van der Waals surface area contributed by atoms with Gasteiger partial charge in [-0.2, -0.15) is 4.98 Å². The molecule has 0 spiro atoms. The van der Waals surface area contributed by atoms with Crippen LogP contribution < -0.4 is 20.1 Å². The van der Waals surface area contributed by atoms with Crippen molar-refractivity contribution in [3.63, 3.8) is 0 Å². The first kappa shape index (κ1) is 24.8. The maximum absolute atomic E-state index is 6.27. The third-order valence-electron chi connectivity index (χ3n) is 6.54. The fraction of sp³-hybridized carbons (Fsp3) is 0.310. The predicted octanol–water partition coefficient (Wildman–Crippen LogP) is 5.45. The molecule has 3 aromatic carbocycles. The number of benzene rings is 3. The zero-order chi connectivity index (χ0) is 25.6. The van der Waals surface area contributed by atoms with Crippen molar-refractivity contribution in [2.24, 2.45) is 0 Å². The van der Waals surface area contributed by atoms with Gasteiger partial charge in [-0.25, -0.2) is 4.98 Å². The lowest BCUT2D eigenvalue weighted by molar-refractivity contribution is 0.0323. The molecule has 8 heteroatoms. The minimum Gasteiger partial charge on any atom is -0.497 e. The van der Waals surface area contributed by atoms with Crippen molar-refractivity contribution in [2.75, 3.05) is 57.2 Å². The Morgan fingerprint density at radius 1 is 0.892 bits per heavy atom. The molecule has 0 bridgehead atoms. The highest BCUT2D eigenvalue weighted by molar-refractivity contribution is 5.95. The molecule has 0 amide bonds. The van der Waals surface area contributed by atoms with Crippen molar-refractivity contribution in [1.29, 1.82) is 0 Å². The van der Waals surface area contributed by atoms with Gasteiger partial charge in [-0.3, -0.25) is 4.90 Å². The number of ether oxygens (including phenoxy) is 3. The van der Waals surface area contributed by atoms with E-state index in [0.717, 1.165) is 77.8 Å². The molecule has 0 saturated carbocycles. The largest absolute Gasteiger partial charge is 0.497 e. The molecule has 8 nitrogen and oxygen atoms in total. The third kappa shape index (κ3) is 5.93. The van der Waals surface area contributed by atoms with Gasteiger partial charge in [0, 0.05) is 36.4 Å². The lowest BCUT2D eigenvalue weighted by Gasteiger charge is -2.26. The van der Waals surface area contributed by atoms with Gasteiger partial charge in [0.2, 0.25) is 5.95 Å². The maximum atomic E-state index is 6.27. The van der Waals surface area contributed by atoms with E-state index < -0.39 is 0 Å². The Balaban J connectivity index is 1.49. The molecule has 1 aliphatic rings. The summed E-state index contributed by atoms with van der Waals surface area (Å²) >= 11 is 0. The summed E-state index contributed by atoms with van der Waals surface area (Å²) in [6, 6.07) is 20.0. The van der Waals surface area contributed by atoms with Crippen LogP contribution in [0.2, 0.25) is 0 Å². The molecule has 1 saturated heterocycles. The lowest BCUT2D eigenvalue weighted by Crippen LogP contribution is -2.38. The number of fused-ring (bicyclic) bond motifs is 1. The molecule has 1 fully saturated rings. The van der Waals surface area contributed by atoms with Gasteiger partial charge in [-0.15, -0.1) is 0 Å². The van der Waals surface area contributed by atoms with E-state index in [4.69, 9.17) is 24.2 Å². The van der Waals surface area contributed by atoms with Crippen molar-refractivity contribution < 1.29 is 14.2 Å². The van der Waals surface area contributed by atoms with Crippen molar-refractivity contribution in [3.05, 3.63) is 71.8 Å². The SMILES string of the molecule is COc1ccc(Nc2nc(Nc3ccccc3C)c3cccc(OCCN4CCOCC4)c3n2)c(C)c1. The number of aryl methyl sites for hydroxylation is 2. The number of rotatable bonds is 9. The highest BCUT2D eigenvalue weighted by atomic mass is 16.5. The van der Waals surface area contributed by atoms with Gasteiger partial charge in [-0.1, -0.05) is 24.3 Å². The second-order valence-electron chi connectivity index (χ2n) is 9.10. The summed E-state index contributed by atoms with van der Waals surface area (Å²) in [4.78, 5) is 12.1. The van der Waals surface area contributed by atoms with Crippen molar-refractivity contribution in [1.82, 2.24) is 14.9 Å². The first-order valence-corrected chi connectivity index (χ1v) is 12.6. The van der Waals surface area contributed by atoms with Crippen LogP contribution in [-0.4, -0.2) is 61.4 Å². The van der Waals surface area contributed by atoms with Gasteiger partial charge in [0.25, 0.3) is 0 Å². The van der Waals surface area contributed by atoms with Crippen LogP contribution in [0.3, 0.4) is 0 Å². The number of anilines is 4. The van der Waals surface area contributed by atoms with Gasteiger partial charge in [0.05, 0.1) is 20.3 Å². The van der Waals surface area contributed by atoms with Crippen LogP contribution in [-0.2, 0) is 4.74 Å². The standard InChI is InChI=1S/C29H33N5O3/c1-20-7-4-5-9-24(20)30-28-23-8-6-10-26(37-18-15-34-13-16-36-17-14-34)27(23)32-29(33-28)31-25-12-11-22(35-3)19-21(25)2/h4-12,19H,13-18H2,1-3H3,(H2,30,31,32,33). The summed E-state index contributed by atoms with van der Waals surface area (Å²) in [6.45, 7) is 8.93. The number of hydrogen-bond acceptors (Lipinski definition) is 8. The minimum atomic E-state index is 0.487. The van der Waals surface area contributed by atoms with Gasteiger partial charge in [0.15, 0.2) is 0 Å². The lowest BCUT2D eigenvalue weighted by atomic mass is 10.1. The van der Waals surface area contributed by atoms with E-state index in [-0.39, 0.29) is 0 Å². The van der Waals surface area contributed by atoms with E-state index in [0.29, 0.717) is 18.4 Å². The number of nitrogens with zero attached hydrogens (tertiary/aromatic N) is 3. The summed E-state index contributed by atoms with van der Waals surface area (Å²) < 4.78 is 17.1. The molecule has 1 aliphatic heterocycles. The Labute approximate surface area is 217 Å². The average molecular weight is 500 g/mol. The van der Waals surface area contributed by atoms with Crippen molar-refractivity contribution in [3.8, 4) is 11.5 Å². The quantitative estimate of drug-likeness (QED) is 0.315. The molecule has 0 unspecified atom stereocenters. The van der Waals surface area contributed by atoms with Gasteiger partial charge in [0.1, 0.15) is 29.4 Å². The van der Waals surface area contributed by atoms with Crippen LogP contribution in [0.5, 0.6) is 11.5 Å². The number of para-hydroxylation sites is 2. The molecule has 37 heavy (non-hydrogen) atoms. The fourth-order valence-corrected chi connectivity index (χ4v) is 4.37.